The number of anilines is 1. The van der Waals surface area contributed by atoms with Crippen LogP contribution < -0.4 is 4.90 Å². The Morgan fingerprint density at radius 1 is 0.975 bits per heavy atom. The monoisotopic (exact) mass is 568 g/mol. The lowest BCUT2D eigenvalue weighted by Gasteiger charge is -2.41. The van der Waals surface area contributed by atoms with Crippen molar-refractivity contribution >= 4 is 23.3 Å². The van der Waals surface area contributed by atoms with E-state index in [2.05, 4.69) is 9.88 Å². The summed E-state index contributed by atoms with van der Waals surface area (Å²) >= 11 is 6.41. The average Bonchev–Trinajstić information content (AvgIpc) is 3.53. The molecule has 0 bridgehead atoms. The van der Waals surface area contributed by atoms with Gasteiger partial charge >= 0.3 is 0 Å². The molecule has 8 heteroatoms. The molecule has 2 unspecified atom stereocenters. The van der Waals surface area contributed by atoms with Gasteiger partial charge in [-0.15, -0.1) is 0 Å². The molecule has 1 aromatic carbocycles. The van der Waals surface area contributed by atoms with Crippen LogP contribution in [0.3, 0.4) is 0 Å². The predicted molar refractivity (Wildman–Crippen MR) is 159 cm³/mol. The molecule has 218 valence electrons. The van der Waals surface area contributed by atoms with E-state index in [1.807, 2.05) is 61.5 Å². The second-order valence-electron chi connectivity index (χ2n) is 12.4. The van der Waals surface area contributed by atoms with E-state index >= 15 is 0 Å². The Morgan fingerprint density at radius 2 is 1.57 bits per heavy atom. The topological polar surface area (TPSA) is 80.1 Å². The van der Waals surface area contributed by atoms with Crippen molar-refractivity contribution < 1.29 is 15.0 Å². The van der Waals surface area contributed by atoms with Crippen LogP contribution >= 0.6 is 11.6 Å². The van der Waals surface area contributed by atoms with Crippen LogP contribution in [0.5, 0.6) is 0 Å². The van der Waals surface area contributed by atoms with Gasteiger partial charge in [0.05, 0.1) is 0 Å². The Kier molecular flexibility index (Phi) is 9.35. The number of carbonyl (C=O) groups excluding carboxylic acids is 1. The fourth-order valence-corrected chi connectivity index (χ4v) is 7.38. The maximum Gasteiger partial charge on any atom is 0.259 e. The van der Waals surface area contributed by atoms with Crippen LogP contribution in [0.1, 0.15) is 75.1 Å². The third-order valence-electron chi connectivity index (χ3n) is 9.62. The molecule has 1 aliphatic carbocycles. The summed E-state index contributed by atoms with van der Waals surface area (Å²) < 4.78 is 0. The average molecular weight is 569 g/mol. The third-order valence-corrected chi connectivity index (χ3v) is 9.93. The van der Waals surface area contributed by atoms with Gasteiger partial charge in [-0.05, 0) is 88.6 Å². The molecule has 40 heavy (non-hydrogen) atoms. The smallest absolute Gasteiger partial charge is 0.259 e. The first-order valence-corrected chi connectivity index (χ1v) is 15.5. The quantitative estimate of drug-likeness (QED) is 0.336. The number of aliphatic hydroxyl groups excluding tert-OH is 1. The molecule has 2 aliphatic heterocycles. The Balaban J connectivity index is 1.12. The summed E-state index contributed by atoms with van der Waals surface area (Å²) in [5.41, 5.74) is -0.0300. The summed E-state index contributed by atoms with van der Waals surface area (Å²) in [6.07, 6.45) is 8.69. The lowest BCUT2D eigenvalue weighted by Crippen LogP contribution is -2.53. The largest absolute Gasteiger partial charge is 0.375 e. The zero-order valence-electron chi connectivity index (χ0n) is 24.0. The fraction of sp³-hybridized carbons (Fsp3) is 0.625. The maximum absolute atomic E-state index is 13.8. The van der Waals surface area contributed by atoms with Gasteiger partial charge in [-0.25, -0.2) is 4.98 Å². The van der Waals surface area contributed by atoms with Crippen LogP contribution in [0.15, 0.2) is 42.5 Å². The second-order valence-corrected chi connectivity index (χ2v) is 12.8. The highest BCUT2D eigenvalue weighted by Crippen LogP contribution is 2.43. The number of rotatable bonds is 8. The molecule has 2 saturated heterocycles. The van der Waals surface area contributed by atoms with E-state index in [-0.39, 0.29) is 11.8 Å². The van der Waals surface area contributed by atoms with Crippen molar-refractivity contribution in [1.29, 1.82) is 0 Å². The maximum atomic E-state index is 13.8. The SMILES string of the molecule is CN(C)C(O)c1ccc(N2CCC(CC3CCN(C(=O)C(O)(c4ccccc4)C4CCCC4)CC3)CC2)nc1Cl. The predicted octanol–water partition coefficient (Wildman–Crippen LogP) is 5.21. The van der Waals surface area contributed by atoms with Gasteiger partial charge in [0.25, 0.3) is 5.91 Å². The lowest BCUT2D eigenvalue weighted by molar-refractivity contribution is -0.161. The molecule has 2 N–H and O–H groups in total. The Hall–Kier alpha value is -2.19. The Morgan fingerprint density at radius 3 is 2.15 bits per heavy atom. The number of aliphatic hydroxyl groups is 2. The number of likely N-dealkylation sites (tertiary alicyclic amines) is 1. The Bertz CT molecular complexity index is 1130. The highest BCUT2D eigenvalue weighted by molar-refractivity contribution is 6.30. The minimum atomic E-state index is -1.41. The first-order chi connectivity index (χ1) is 19.3. The minimum Gasteiger partial charge on any atom is -0.375 e. The second kappa shape index (κ2) is 12.8. The van der Waals surface area contributed by atoms with Crippen molar-refractivity contribution in [3.8, 4) is 0 Å². The zero-order chi connectivity index (χ0) is 28.3. The summed E-state index contributed by atoms with van der Waals surface area (Å²) in [5.74, 6) is 2.08. The van der Waals surface area contributed by atoms with Crippen LogP contribution in [0.4, 0.5) is 5.82 Å². The number of nitrogens with zero attached hydrogens (tertiary/aromatic N) is 4. The van der Waals surface area contributed by atoms with Crippen LogP contribution in [0.25, 0.3) is 0 Å². The molecular formula is C32H45ClN4O3. The van der Waals surface area contributed by atoms with Crippen LogP contribution in [-0.2, 0) is 10.4 Å². The molecule has 2 aromatic rings. The number of benzene rings is 1. The van der Waals surface area contributed by atoms with Crippen molar-refractivity contribution in [1.82, 2.24) is 14.8 Å². The molecule has 7 nitrogen and oxygen atoms in total. The highest BCUT2D eigenvalue weighted by Gasteiger charge is 2.48. The van der Waals surface area contributed by atoms with E-state index in [1.54, 1.807) is 4.90 Å². The van der Waals surface area contributed by atoms with Crippen LogP contribution in [-0.4, -0.2) is 71.2 Å². The van der Waals surface area contributed by atoms with E-state index in [0.717, 1.165) is 88.9 Å². The van der Waals surface area contributed by atoms with Crippen LogP contribution in [0.2, 0.25) is 5.15 Å². The number of pyridine rings is 1. The minimum absolute atomic E-state index is 0.00364. The van der Waals surface area contributed by atoms with Crippen molar-refractivity contribution in [2.45, 2.75) is 69.6 Å². The summed E-state index contributed by atoms with van der Waals surface area (Å²) in [6.45, 7) is 3.37. The van der Waals surface area contributed by atoms with E-state index in [1.165, 1.54) is 6.42 Å². The van der Waals surface area contributed by atoms with Crippen molar-refractivity contribution in [2.75, 3.05) is 45.2 Å². The normalized spacial score (nSPS) is 22.1. The van der Waals surface area contributed by atoms with Crippen LogP contribution in [0, 0.1) is 17.8 Å². The molecule has 0 radical (unpaired) electrons. The summed E-state index contributed by atoms with van der Waals surface area (Å²) in [6, 6.07) is 13.5. The third kappa shape index (κ3) is 6.18. The van der Waals surface area contributed by atoms with Gasteiger partial charge in [0, 0.05) is 37.7 Å². The van der Waals surface area contributed by atoms with E-state index < -0.39 is 11.8 Å². The number of amides is 1. The number of piperidine rings is 2. The van der Waals surface area contributed by atoms with Gasteiger partial charge in [0.15, 0.2) is 5.60 Å². The van der Waals surface area contributed by atoms with Gasteiger partial charge in [0.1, 0.15) is 17.2 Å². The molecule has 2 atom stereocenters. The molecule has 3 aliphatic rings. The van der Waals surface area contributed by atoms with E-state index in [4.69, 9.17) is 11.6 Å². The highest BCUT2D eigenvalue weighted by atomic mass is 35.5. The molecule has 1 aromatic heterocycles. The summed E-state index contributed by atoms with van der Waals surface area (Å²) in [7, 11) is 3.62. The number of hydrogen-bond acceptors (Lipinski definition) is 6. The molecule has 3 fully saturated rings. The van der Waals surface area contributed by atoms with Gasteiger partial charge < -0.3 is 20.0 Å². The summed E-state index contributed by atoms with van der Waals surface area (Å²) in [4.78, 5) is 24.3. The van der Waals surface area contributed by atoms with Gasteiger partial charge in [0.2, 0.25) is 0 Å². The van der Waals surface area contributed by atoms with E-state index in [0.29, 0.717) is 22.6 Å². The Labute approximate surface area is 244 Å². The number of halogens is 1. The molecule has 1 amide bonds. The van der Waals surface area contributed by atoms with Gasteiger partial charge in [-0.2, -0.15) is 0 Å². The lowest BCUT2D eigenvalue weighted by atomic mass is 9.78. The van der Waals surface area contributed by atoms with E-state index in [9.17, 15) is 15.0 Å². The number of hydrogen-bond donors (Lipinski definition) is 2. The fourth-order valence-electron chi connectivity index (χ4n) is 7.13. The van der Waals surface area contributed by atoms with Gasteiger partial charge in [-0.3, -0.25) is 9.69 Å². The molecule has 5 rings (SSSR count). The molecular weight excluding hydrogens is 524 g/mol. The first-order valence-electron chi connectivity index (χ1n) is 15.1. The molecule has 3 heterocycles. The van der Waals surface area contributed by atoms with Gasteiger partial charge in [-0.1, -0.05) is 54.8 Å². The molecule has 0 spiro atoms. The summed E-state index contributed by atoms with van der Waals surface area (Å²) in [5, 5.41) is 22.6. The first kappa shape index (κ1) is 29.3. The zero-order valence-corrected chi connectivity index (χ0v) is 24.8. The van der Waals surface area contributed by atoms with Crippen molar-refractivity contribution in [3.63, 3.8) is 0 Å². The number of aromatic nitrogens is 1. The number of carbonyl (C=O) groups is 1. The standard InChI is InChI=1S/C32H45ClN4O3/c1-35(2)30(38)27-12-13-28(34-29(27)33)36-18-14-23(15-19-36)22-24-16-20-37(21-17-24)31(39)32(40,26-10-6-7-11-26)25-8-4-3-5-9-25/h3-5,8-9,12-13,23-24,26,30,38,40H,6-7,10-11,14-22H2,1-2H3. The van der Waals surface area contributed by atoms with Crippen molar-refractivity contribution in [3.05, 3.63) is 58.7 Å². The molecule has 1 saturated carbocycles. The van der Waals surface area contributed by atoms with Crippen molar-refractivity contribution in [2.24, 2.45) is 17.8 Å².